The zero-order valence-corrected chi connectivity index (χ0v) is 13.0. The van der Waals surface area contributed by atoms with Gasteiger partial charge in [-0.3, -0.25) is 9.59 Å². The number of carboxylic acids is 1. The second-order valence-corrected chi connectivity index (χ2v) is 6.19. The number of carbonyl (C=O) groups is 2. The summed E-state index contributed by atoms with van der Waals surface area (Å²) in [7, 11) is 0. The van der Waals surface area contributed by atoms with Gasteiger partial charge in [0.1, 0.15) is 0 Å². The minimum absolute atomic E-state index is 0.0656. The van der Waals surface area contributed by atoms with Gasteiger partial charge in [0.25, 0.3) is 0 Å². The Morgan fingerprint density at radius 3 is 2.38 bits per heavy atom. The second-order valence-electron chi connectivity index (χ2n) is 5.38. The summed E-state index contributed by atoms with van der Waals surface area (Å²) in [6, 6.07) is 5.20. The van der Waals surface area contributed by atoms with E-state index in [2.05, 4.69) is 5.32 Å². The Bertz CT molecular complexity index is 540. The van der Waals surface area contributed by atoms with Gasteiger partial charge in [0.05, 0.1) is 22.4 Å². The number of amides is 1. The topological polar surface area (TPSA) is 66.4 Å². The van der Waals surface area contributed by atoms with Crippen molar-refractivity contribution >= 4 is 35.1 Å². The predicted octanol–water partition coefficient (Wildman–Crippen LogP) is 3.30. The van der Waals surface area contributed by atoms with Crippen LogP contribution < -0.4 is 5.32 Å². The molecule has 0 aliphatic heterocycles. The summed E-state index contributed by atoms with van der Waals surface area (Å²) in [5.41, 5.74) is 0.807. The molecule has 1 amide bonds. The van der Waals surface area contributed by atoms with Gasteiger partial charge in [0, 0.05) is 6.04 Å². The smallest absolute Gasteiger partial charge is 0.306 e. The summed E-state index contributed by atoms with van der Waals surface area (Å²) in [4.78, 5) is 22.9. The number of aliphatic carboxylic acids is 1. The summed E-state index contributed by atoms with van der Waals surface area (Å²) in [5.74, 6) is -1.09. The number of benzene rings is 1. The van der Waals surface area contributed by atoms with Crippen LogP contribution in [0.25, 0.3) is 0 Å². The predicted molar refractivity (Wildman–Crippen MR) is 81.7 cm³/mol. The summed E-state index contributed by atoms with van der Waals surface area (Å²) in [6.45, 7) is 0. The summed E-state index contributed by atoms with van der Waals surface area (Å²) < 4.78 is 0. The lowest BCUT2D eigenvalue weighted by atomic mass is 9.86. The summed E-state index contributed by atoms with van der Waals surface area (Å²) >= 11 is 11.7. The fourth-order valence-electron chi connectivity index (χ4n) is 2.60. The molecule has 0 saturated heterocycles. The Hall–Kier alpha value is -1.26. The number of nitrogens with one attached hydrogen (secondary N) is 1. The SMILES string of the molecule is O=C(Cc1ccc(Cl)c(Cl)c1)NC1CCC(C(=O)O)CC1. The van der Waals surface area contributed by atoms with Gasteiger partial charge in [-0.2, -0.15) is 0 Å². The zero-order valence-electron chi connectivity index (χ0n) is 11.4. The third-order valence-corrected chi connectivity index (χ3v) is 4.53. The first-order valence-corrected chi connectivity index (χ1v) is 7.67. The van der Waals surface area contributed by atoms with E-state index in [-0.39, 0.29) is 24.3 Å². The van der Waals surface area contributed by atoms with Gasteiger partial charge in [0.15, 0.2) is 0 Å². The van der Waals surface area contributed by atoms with Gasteiger partial charge in [-0.15, -0.1) is 0 Å². The number of carboxylic acid groups (broad SMARTS) is 1. The van der Waals surface area contributed by atoms with Gasteiger partial charge in [-0.05, 0) is 43.4 Å². The average molecular weight is 330 g/mol. The van der Waals surface area contributed by atoms with Crippen LogP contribution in [0, 0.1) is 5.92 Å². The van der Waals surface area contributed by atoms with Crippen LogP contribution in [-0.2, 0) is 16.0 Å². The maximum Gasteiger partial charge on any atom is 0.306 e. The van der Waals surface area contributed by atoms with Crippen LogP contribution in [-0.4, -0.2) is 23.0 Å². The molecule has 0 radical (unpaired) electrons. The van der Waals surface area contributed by atoms with Gasteiger partial charge in [-0.25, -0.2) is 0 Å². The lowest BCUT2D eigenvalue weighted by Crippen LogP contribution is -2.39. The first-order chi connectivity index (χ1) is 9.95. The van der Waals surface area contributed by atoms with Crippen molar-refractivity contribution in [3.63, 3.8) is 0 Å². The molecular formula is C15H17Cl2NO3. The first-order valence-electron chi connectivity index (χ1n) is 6.92. The molecule has 1 aromatic rings. The highest BCUT2D eigenvalue weighted by Gasteiger charge is 2.26. The molecule has 1 saturated carbocycles. The molecule has 0 spiro atoms. The van der Waals surface area contributed by atoms with Crippen molar-refractivity contribution in [3.8, 4) is 0 Å². The molecular weight excluding hydrogens is 313 g/mol. The van der Waals surface area contributed by atoms with Crippen LogP contribution in [0.3, 0.4) is 0 Å². The highest BCUT2D eigenvalue weighted by Crippen LogP contribution is 2.25. The number of rotatable bonds is 4. The third-order valence-electron chi connectivity index (χ3n) is 3.79. The van der Waals surface area contributed by atoms with E-state index in [4.69, 9.17) is 28.3 Å². The van der Waals surface area contributed by atoms with Crippen LogP contribution >= 0.6 is 23.2 Å². The molecule has 2 N–H and O–H groups in total. The molecule has 2 rings (SSSR count). The van der Waals surface area contributed by atoms with Crippen LogP contribution in [0.1, 0.15) is 31.2 Å². The molecule has 0 aromatic heterocycles. The van der Waals surface area contributed by atoms with E-state index < -0.39 is 5.97 Å². The van der Waals surface area contributed by atoms with Crippen molar-refractivity contribution < 1.29 is 14.7 Å². The quantitative estimate of drug-likeness (QED) is 0.890. The van der Waals surface area contributed by atoms with Crippen molar-refractivity contribution in [2.45, 2.75) is 38.1 Å². The Balaban J connectivity index is 1.82. The normalized spacial score (nSPS) is 21.8. The largest absolute Gasteiger partial charge is 0.481 e. The van der Waals surface area contributed by atoms with Gasteiger partial charge in [-0.1, -0.05) is 29.3 Å². The van der Waals surface area contributed by atoms with Crippen molar-refractivity contribution in [1.29, 1.82) is 0 Å². The molecule has 1 aromatic carbocycles. The van der Waals surface area contributed by atoms with Crippen molar-refractivity contribution in [1.82, 2.24) is 5.32 Å². The third kappa shape index (κ3) is 4.61. The standard InChI is InChI=1S/C15H17Cl2NO3/c16-12-6-1-9(7-13(12)17)8-14(19)18-11-4-2-10(3-5-11)15(20)21/h1,6-7,10-11H,2-5,8H2,(H,18,19)(H,20,21). The second kappa shape index (κ2) is 7.14. The molecule has 1 fully saturated rings. The lowest BCUT2D eigenvalue weighted by Gasteiger charge is -2.26. The van der Waals surface area contributed by atoms with Crippen molar-refractivity contribution in [3.05, 3.63) is 33.8 Å². The van der Waals surface area contributed by atoms with E-state index in [1.165, 1.54) is 0 Å². The van der Waals surface area contributed by atoms with E-state index in [0.29, 0.717) is 35.7 Å². The van der Waals surface area contributed by atoms with E-state index in [0.717, 1.165) is 5.56 Å². The van der Waals surface area contributed by atoms with Gasteiger partial charge >= 0.3 is 5.97 Å². The lowest BCUT2D eigenvalue weighted by molar-refractivity contribution is -0.142. The first kappa shape index (κ1) is 16.1. The van der Waals surface area contributed by atoms with Gasteiger partial charge < -0.3 is 10.4 Å². The Morgan fingerprint density at radius 2 is 1.81 bits per heavy atom. The molecule has 0 bridgehead atoms. The van der Waals surface area contributed by atoms with E-state index in [9.17, 15) is 9.59 Å². The molecule has 0 heterocycles. The number of hydrogen-bond donors (Lipinski definition) is 2. The highest BCUT2D eigenvalue weighted by molar-refractivity contribution is 6.42. The van der Waals surface area contributed by atoms with Crippen molar-refractivity contribution in [2.24, 2.45) is 5.92 Å². The Kier molecular flexibility index (Phi) is 5.48. The number of halogens is 2. The van der Waals surface area contributed by atoms with E-state index in [1.807, 2.05) is 0 Å². The van der Waals surface area contributed by atoms with Crippen LogP contribution in [0.4, 0.5) is 0 Å². The molecule has 1 aliphatic carbocycles. The van der Waals surface area contributed by atoms with Crippen molar-refractivity contribution in [2.75, 3.05) is 0 Å². The summed E-state index contributed by atoms with van der Waals surface area (Å²) in [5, 5.41) is 12.8. The maximum atomic E-state index is 12.0. The van der Waals surface area contributed by atoms with Crippen LogP contribution in [0.2, 0.25) is 10.0 Å². The minimum atomic E-state index is -0.740. The fraction of sp³-hybridized carbons (Fsp3) is 0.467. The highest BCUT2D eigenvalue weighted by atomic mass is 35.5. The molecule has 21 heavy (non-hydrogen) atoms. The maximum absolute atomic E-state index is 12.0. The molecule has 0 unspecified atom stereocenters. The monoisotopic (exact) mass is 329 g/mol. The Morgan fingerprint density at radius 1 is 1.14 bits per heavy atom. The Labute approximate surface area is 133 Å². The number of carbonyl (C=O) groups excluding carboxylic acids is 1. The average Bonchev–Trinajstić information content (AvgIpc) is 2.43. The molecule has 114 valence electrons. The van der Waals surface area contributed by atoms with Crippen LogP contribution in [0.5, 0.6) is 0 Å². The zero-order chi connectivity index (χ0) is 15.4. The molecule has 0 atom stereocenters. The molecule has 6 heteroatoms. The van der Waals surface area contributed by atoms with E-state index >= 15 is 0 Å². The number of hydrogen-bond acceptors (Lipinski definition) is 2. The van der Waals surface area contributed by atoms with Crippen LogP contribution in [0.15, 0.2) is 18.2 Å². The molecule has 1 aliphatic rings. The molecule has 4 nitrogen and oxygen atoms in total. The van der Waals surface area contributed by atoms with Gasteiger partial charge in [0.2, 0.25) is 5.91 Å². The van der Waals surface area contributed by atoms with E-state index in [1.54, 1.807) is 18.2 Å². The minimum Gasteiger partial charge on any atom is -0.481 e. The fourth-order valence-corrected chi connectivity index (χ4v) is 2.92. The summed E-state index contributed by atoms with van der Waals surface area (Å²) in [6.07, 6.45) is 2.91.